The van der Waals surface area contributed by atoms with Gasteiger partial charge in [0.25, 0.3) is 0 Å². The van der Waals surface area contributed by atoms with Crippen molar-refractivity contribution in [2.75, 3.05) is 5.32 Å². The molecule has 104 valence electrons. The third kappa shape index (κ3) is 5.42. The van der Waals surface area contributed by atoms with Crippen LogP contribution in [-0.2, 0) is 16.0 Å². The molecular formula is C14H19NO4. The van der Waals surface area contributed by atoms with Crippen molar-refractivity contribution in [2.45, 2.75) is 39.7 Å². The number of carbonyl (C=O) groups excluding carboxylic acids is 2. The molecule has 0 atom stereocenters. The van der Waals surface area contributed by atoms with Gasteiger partial charge in [-0.2, -0.15) is 0 Å². The Morgan fingerprint density at radius 2 is 1.95 bits per heavy atom. The van der Waals surface area contributed by atoms with Crippen LogP contribution in [0.25, 0.3) is 0 Å². The van der Waals surface area contributed by atoms with E-state index in [0.29, 0.717) is 11.3 Å². The second-order valence-electron chi connectivity index (χ2n) is 5.35. The van der Waals surface area contributed by atoms with Crippen molar-refractivity contribution in [3.05, 3.63) is 23.8 Å². The minimum absolute atomic E-state index is 0.0472. The van der Waals surface area contributed by atoms with Gasteiger partial charge in [0, 0.05) is 12.1 Å². The molecule has 0 saturated heterocycles. The van der Waals surface area contributed by atoms with Crippen LogP contribution in [0.1, 0.15) is 33.3 Å². The number of anilines is 1. The number of hydrogen-bond donors (Lipinski definition) is 2. The lowest BCUT2D eigenvalue weighted by Crippen LogP contribution is -2.27. The molecule has 0 radical (unpaired) electrons. The monoisotopic (exact) mass is 265 g/mol. The maximum atomic E-state index is 11.7. The molecule has 5 heteroatoms. The highest BCUT2D eigenvalue weighted by Gasteiger charge is 2.17. The van der Waals surface area contributed by atoms with Crippen molar-refractivity contribution in [3.63, 3.8) is 0 Å². The van der Waals surface area contributed by atoms with E-state index in [0.717, 1.165) is 0 Å². The van der Waals surface area contributed by atoms with Crippen LogP contribution in [0, 0.1) is 0 Å². The number of rotatable bonds is 3. The summed E-state index contributed by atoms with van der Waals surface area (Å²) in [4.78, 5) is 22.8. The number of hydrogen-bond acceptors (Lipinski definition) is 4. The van der Waals surface area contributed by atoms with Gasteiger partial charge in [-0.25, -0.2) is 4.79 Å². The topological polar surface area (TPSA) is 75.6 Å². The molecule has 1 rings (SSSR count). The number of amides is 1. The Hall–Kier alpha value is -2.04. The van der Waals surface area contributed by atoms with Crippen LogP contribution in [0.4, 0.5) is 10.5 Å². The molecule has 0 heterocycles. The van der Waals surface area contributed by atoms with Gasteiger partial charge >= 0.3 is 6.09 Å². The molecule has 0 fully saturated rings. The summed E-state index contributed by atoms with van der Waals surface area (Å²) in [5.41, 5.74) is 0.419. The van der Waals surface area contributed by atoms with E-state index >= 15 is 0 Å². The molecule has 0 spiro atoms. The molecule has 0 bridgehead atoms. The van der Waals surface area contributed by atoms with E-state index in [4.69, 9.17) is 4.74 Å². The summed E-state index contributed by atoms with van der Waals surface area (Å²) >= 11 is 0. The summed E-state index contributed by atoms with van der Waals surface area (Å²) in [7, 11) is 0. The minimum Gasteiger partial charge on any atom is -0.508 e. The highest BCUT2D eigenvalue weighted by molar-refractivity contribution is 5.88. The Balaban J connectivity index is 2.88. The number of aromatic hydroxyl groups is 1. The molecule has 0 aliphatic rings. The summed E-state index contributed by atoms with van der Waals surface area (Å²) < 4.78 is 5.13. The fourth-order valence-electron chi connectivity index (χ4n) is 1.53. The molecule has 0 aliphatic heterocycles. The second kappa shape index (κ2) is 5.73. The fourth-order valence-corrected chi connectivity index (χ4v) is 1.53. The van der Waals surface area contributed by atoms with E-state index in [1.165, 1.54) is 25.1 Å². The standard InChI is InChI=1S/C14H19NO4/c1-9(16)7-10-8-11(17)5-6-12(10)15-13(18)19-14(2,3)4/h5-6,8,17H,7H2,1-4H3,(H,15,18). The fraction of sp³-hybridized carbons (Fsp3) is 0.429. The first-order valence-corrected chi connectivity index (χ1v) is 5.99. The summed E-state index contributed by atoms with van der Waals surface area (Å²) in [6.07, 6.45) is -0.456. The molecule has 0 aliphatic carbocycles. The first-order valence-electron chi connectivity index (χ1n) is 5.99. The maximum Gasteiger partial charge on any atom is 0.412 e. The molecule has 19 heavy (non-hydrogen) atoms. The number of nitrogens with one attached hydrogen (secondary N) is 1. The predicted octanol–water partition coefficient (Wildman–Crippen LogP) is 2.87. The second-order valence-corrected chi connectivity index (χ2v) is 5.35. The molecule has 0 unspecified atom stereocenters. The SMILES string of the molecule is CC(=O)Cc1cc(O)ccc1NC(=O)OC(C)(C)C. The number of carbonyl (C=O) groups is 2. The van der Waals surface area contributed by atoms with Gasteiger partial charge in [-0.15, -0.1) is 0 Å². The number of benzene rings is 1. The van der Waals surface area contributed by atoms with Crippen molar-refractivity contribution in [3.8, 4) is 5.75 Å². The number of ketones is 1. The predicted molar refractivity (Wildman–Crippen MR) is 72.3 cm³/mol. The summed E-state index contributed by atoms with van der Waals surface area (Å²) in [6, 6.07) is 4.43. The molecule has 1 amide bonds. The van der Waals surface area contributed by atoms with Gasteiger partial charge in [0.1, 0.15) is 17.1 Å². The molecule has 0 saturated carbocycles. The molecule has 1 aromatic rings. The lowest BCUT2D eigenvalue weighted by Gasteiger charge is -2.20. The van der Waals surface area contributed by atoms with Gasteiger partial charge < -0.3 is 9.84 Å². The molecule has 1 aromatic carbocycles. The van der Waals surface area contributed by atoms with E-state index < -0.39 is 11.7 Å². The lowest BCUT2D eigenvalue weighted by molar-refractivity contribution is -0.116. The van der Waals surface area contributed by atoms with Crippen molar-refractivity contribution < 1.29 is 19.4 Å². The zero-order valence-corrected chi connectivity index (χ0v) is 11.6. The largest absolute Gasteiger partial charge is 0.508 e. The molecule has 2 N–H and O–H groups in total. The summed E-state index contributed by atoms with van der Waals surface area (Å²) in [5, 5.41) is 12.0. The third-order valence-corrected chi connectivity index (χ3v) is 2.16. The summed E-state index contributed by atoms with van der Waals surface area (Å²) in [5.74, 6) is -0.0103. The van der Waals surface area contributed by atoms with Crippen molar-refractivity contribution in [1.29, 1.82) is 0 Å². The van der Waals surface area contributed by atoms with Gasteiger partial charge in [-0.1, -0.05) is 0 Å². The molecular weight excluding hydrogens is 246 g/mol. The minimum atomic E-state index is -0.595. The summed E-state index contributed by atoms with van der Waals surface area (Å²) in [6.45, 7) is 6.74. The lowest BCUT2D eigenvalue weighted by atomic mass is 10.1. The Morgan fingerprint density at radius 1 is 1.32 bits per heavy atom. The van der Waals surface area contributed by atoms with Crippen LogP contribution >= 0.6 is 0 Å². The highest BCUT2D eigenvalue weighted by Crippen LogP contribution is 2.22. The van der Waals surface area contributed by atoms with E-state index in [9.17, 15) is 14.7 Å². The van der Waals surface area contributed by atoms with Crippen LogP contribution in [0.5, 0.6) is 5.75 Å². The zero-order chi connectivity index (χ0) is 14.6. The average molecular weight is 265 g/mol. The van der Waals surface area contributed by atoms with E-state index in [2.05, 4.69) is 5.32 Å². The van der Waals surface area contributed by atoms with Gasteiger partial charge in [0.15, 0.2) is 0 Å². The van der Waals surface area contributed by atoms with Crippen LogP contribution in [0.2, 0.25) is 0 Å². The number of ether oxygens (including phenoxy) is 1. The highest BCUT2D eigenvalue weighted by atomic mass is 16.6. The zero-order valence-electron chi connectivity index (χ0n) is 11.6. The number of phenols is 1. The Morgan fingerprint density at radius 3 is 2.47 bits per heavy atom. The average Bonchev–Trinajstić information content (AvgIpc) is 2.18. The van der Waals surface area contributed by atoms with Gasteiger partial charge in [0.2, 0.25) is 0 Å². The van der Waals surface area contributed by atoms with Crippen LogP contribution < -0.4 is 5.32 Å². The van der Waals surface area contributed by atoms with Crippen LogP contribution in [-0.4, -0.2) is 22.6 Å². The smallest absolute Gasteiger partial charge is 0.412 e. The van der Waals surface area contributed by atoms with E-state index in [1.54, 1.807) is 20.8 Å². The Kier molecular flexibility index (Phi) is 4.53. The van der Waals surface area contributed by atoms with Crippen molar-refractivity contribution >= 4 is 17.6 Å². The Labute approximate surface area is 112 Å². The van der Waals surface area contributed by atoms with Crippen molar-refractivity contribution in [1.82, 2.24) is 0 Å². The number of phenolic OH excluding ortho intramolecular Hbond substituents is 1. The van der Waals surface area contributed by atoms with E-state index in [-0.39, 0.29) is 18.0 Å². The van der Waals surface area contributed by atoms with Gasteiger partial charge in [0.05, 0.1) is 0 Å². The normalized spacial score (nSPS) is 10.9. The van der Waals surface area contributed by atoms with Gasteiger partial charge in [-0.05, 0) is 51.5 Å². The third-order valence-electron chi connectivity index (χ3n) is 2.16. The molecule has 0 aromatic heterocycles. The maximum absolute atomic E-state index is 11.7. The van der Waals surface area contributed by atoms with Crippen molar-refractivity contribution in [2.24, 2.45) is 0 Å². The van der Waals surface area contributed by atoms with Crippen LogP contribution in [0.15, 0.2) is 18.2 Å². The van der Waals surface area contributed by atoms with E-state index in [1.807, 2.05) is 0 Å². The van der Waals surface area contributed by atoms with Crippen LogP contribution in [0.3, 0.4) is 0 Å². The van der Waals surface area contributed by atoms with Gasteiger partial charge in [-0.3, -0.25) is 10.1 Å². The first kappa shape index (κ1) is 15.0. The first-order chi connectivity index (χ1) is 8.67. The number of Topliss-reactive ketones (excluding diaryl/α,β-unsaturated/α-hetero) is 1. The Bertz CT molecular complexity index is 489. The molecule has 5 nitrogen and oxygen atoms in total. The quantitative estimate of drug-likeness (QED) is 0.824.